The van der Waals surface area contributed by atoms with Gasteiger partial charge in [-0.3, -0.25) is 13.9 Å². The van der Waals surface area contributed by atoms with Crippen LogP contribution in [0.3, 0.4) is 0 Å². The lowest BCUT2D eigenvalue weighted by molar-refractivity contribution is -0.152. The summed E-state index contributed by atoms with van der Waals surface area (Å²) in [5.74, 6) is -3.00. The fourth-order valence-electron chi connectivity index (χ4n) is 3.79. The van der Waals surface area contributed by atoms with Gasteiger partial charge in [-0.1, -0.05) is 19.1 Å². The number of hydrogen-bond acceptors (Lipinski definition) is 4. The van der Waals surface area contributed by atoms with Gasteiger partial charge in [0.25, 0.3) is 0 Å². The Morgan fingerprint density at radius 1 is 1.06 bits per heavy atom. The molecule has 0 saturated carbocycles. The van der Waals surface area contributed by atoms with E-state index in [2.05, 4.69) is 0 Å². The summed E-state index contributed by atoms with van der Waals surface area (Å²) in [7, 11) is 2.42. The molecule has 0 bridgehead atoms. The maximum atomic E-state index is 14.3. The van der Waals surface area contributed by atoms with E-state index >= 15 is 0 Å². The van der Waals surface area contributed by atoms with Gasteiger partial charge in [0.1, 0.15) is 11.6 Å². The van der Waals surface area contributed by atoms with Crippen LogP contribution in [0.5, 0.6) is 0 Å². The number of aromatic nitrogens is 2. The zero-order chi connectivity index (χ0) is 23.4. The maximum absolute atomic E-state index is 14.3. The van der Waals surface area contributed by atoms with Gasteiger partial charge in [-0.25, -0.2) is 18.4 Å². The monoisotopic (exact) mass is 445 g/mol. The van der Waals surface area contributed by atoms with Crippen LogP contribution < -0.4 is 5.69 Å². The zero-order valence-corrected chi connectivity index (χ0v) is 18.2. The van der Waals surface area contributed by atoms with Gasteiger partial charge in [-0.05, 0) is 36.8 Å². The number of nitrogens with zero attached hydrogens (tertiary/aromatic N) is 3. The molecule has 1 atom stereocenters. The Bertz CT molecular complexity index is 1200. The Hall–Kier alpha value is -3.49. The molecule has 0 saturated heterocycles. The first-order valence-corrected chi connectivity index (χ1v) is 10.3. The number of carbonyl (C=O) groups is 2. The second kappa shape index (κ2) is 9.76. The zero-order valence-electron chi connectivity index (χ0n) is 18.2. The third-order valence-corrected chi connectivity index (χ3v) is 5.38. The van der Waals surface area contributed by atoms with Gasteiger partial charge >= 0.3 is 11.7 Å². The van der Waals surface area contributed by atoms with E-state index in [1.54, 1.807) is 10.6 Å². The molecule has 0 fully saturated rings. The normalized spacial score (nSPS) is 12.0. The van der Waals surface area contributed by atoms with Gasteiger partial charge in [-0.15, -0.1) is 0 Å². The second-order valence-electron chi connectivity index (χ2n) is 7.42. The average Bonchev–Trinajstić information content (AvgIpc) is 3.05. The van der Waals surface area contributed by atoms with E-state index in [-0.39, 0.29) is 24.2 Å². The van der Waals surface area contributed by atoms with E-state index < -0.39 is 29.6 Å². The van der Waals surface area contributed by atoms with Crippen molar-refractivity contribution >= 4 is 22.9 Å². The predicted octanol–water partition coefficient (Wildman–Crippen LogP) is 3.25. The Kier molecular flexibility index (Phi) is 7.07. The lowest BCUT2D eigenvalue weighted by atomic mass is 10.0. The highest BCUT2D eigenvalue weighted by Crippen LogP contribution is 2.25. The highest BCUT2D eigenvalue weighted by molar-refractivity contribution is 5.85. The lowest BCUT2D eigenvalue weighted by Gasteiger charge is -2.27. The topological polar surface area (TPSA) is 73.5 Å². The minimum atomic E-state index is -1.46. The SMILES string of the molecule is CCCn1c(=O)n(CCC(=O)N(C)[C@@H](C(=O)OC)c2cc(F)ccc2F)c2ccccc21. The molecule has 2 aromatic carbocycles. The van der Waals surface area contributed by atoms with Crippen molar-refractivity contribution in [3.63, 3.8) is 0 Å². The highest BCUT2D eigenvalue weighted by Gasteiger charge is 2.32. The second-order valence-corrected chi connectivity index (χ2v) is 7.42. The van der Waals surface area contributed by atoms with Crippen LogP contribution in [0.15, 0.2) is 47.3 Å². The van der Waals surface area contributed by atoms with Gasteiger partial charge < -0.3 is 9.64 Å². The molecule has 0 aliphatic carbocycles. The average molecular weight is 445 g/mol. The number of methoxy groups -OCH3 is 1. The summed E-state index contributed by atoms with van der Waals surface area (Å²) >= 11 is 0. The van der Waals surface area contributed by atoms with E-state index in [0.29, 0.717) is 12.1 Å². The number of imidazole rings is 1. The van der Waals surface area contributed by atoms with Gasteiger partial charge in [0.05, 0.1) is 18.1 Å². The number of ether oxygens (including phenoxy) is 1. The van der Waals surface area contributed by atoms with Crippen LogP contribution >= 0.6 is 0 Å². The summed E-state index contributed by atoms with van der Waals surface area (Å²) in [4.78, 5) is 39.1. The standard InChI is InChI=1S/C23H25F2N3O4/c1-4-12-27-18-7-5-6-8-19(18)28(23(27)31)13-11-20(29)26(2)21(22(30)32-3)16-14-15(24)9-10-17(16)25/h5-10,14,21H,4,11-13H2,1-3H3/t21-/m1/s1. The van der Waals surface area contributed by atoms with Crippen LogP contribution in [0.4, 0.5) is 8.78 Å². The van der Waals surface area contributed by atoms with Crippen molar-refractivity contribution < 1.29 is 23.1 Å². The Labute approximate surface area is 183 Å². The minimum absolute atomic E-state index is 0.0682. The van der Waals surface area contributed by atoms with Crippen LogP contribution in [0.25, 0.3) is 11.0 Å². The van der Waals surface area contributed by atoms with E-state index in [1.807, 2.05) is 25.1 Å². The first-order chi connectivity index (χ1) is 15.3. The van der Waals surface area contributed by atoms with Crippen LogP contribution in [-0.4, -0.2) is 40.1 Å². The smallest absolute Gasteiger partial charge is 0.333 e. The third kappa shape index (κ3) is 4.42. The molecule has 1 heterocycles. The third-order valence-electron chi connectivity index (χ3n) is 5.38. The number of likely N-dealkylation sites (N-methyl/N-ethyl adjacent to an activating group) is 1. The molecule has 3 rings (SSSR count). The van der Waals surface area contributed by atoms with E-state index in [1.165, 1.54) is 11.6 Å². The molecular formula is C23H25F2N3O4. The molecule has 1 aromatic heterocycles. The molecule has 7 nitrogen and oxygen atoms in total. The number of aryl methyl sites for hydroxylation is 2. The Morgan fingerprint density at radius 3 is 2.28 bits per heavy atom. The van der Waals surface area contributed by atoms with Crippen molar-refractivity contribution in [1.29, 1.82) is 0 Å². The Morgan fingerprint density at radius 2 is 1.69 bits per heavy atom. The number of esters is 1. The molecule has 1 amide bonds. The number of rotatable bonds is 8. The number of para-hydroxylation sites is 2. The van der Waals surface area contributed by atoms with Crippen LogP contribution in [0, 0.1) is 11.6 Å². The van der Waals surface area contributed by atoms with Crippen molar-refractivity contribution in [3.8, 4) is 0 Å². The van der Waals surface area contributed by atoms with Gasteiger partial charge in [-0.2, -0.15) is 0 Å². The first-order valence-electron chi connectivity index (χ1n) is 10.3. The molecule has 32 heavy (non-hydrogen) atoms. The van der Waals surface area contributed by atoms with Gasteiger partial charge in [0, 0.05) is 32.1 Å². The van der Waals surface area contributed by atoms with Crippen LogP contribution in [0.2, 0.25) is 0 Å². The largest absolute Gasteiger partial charge is 0.467 e. The summed E-state index contributed by atoms with van der Waals surface area (Å²) in [5, 5.41) is 0. The number of carbonyl (C=O) groups excluding carboxylic acids is 2. The van der Waals surface area contributed by atoms with E-state index in [9.17, 15) is 23.2 Å². The highest BCUT2D eigenvalue weighted by atomic mass is 19.1. The molecule has 3 aromatic rings. The maximum Gasteiger partial charge on any atom is 0.333 e. The van der Waals surface area contributed by atoms with Gasteiger partial charge in [0.2, 0.25) is 5.91 Å². The van der Waals surface area contributed by atoms with E-state index in [4.69, 9.17) is 4.74 Å². The minimum Gasteiger partial charge on any atom is -0.467 e. The van der Waals surface area contributed by atoms with Crippen molar-refractivity contribution in [3.05, 3.63) is 70.1 Å². The molecule has 0 radical (unpaired) electrons. The summed E-state index contributed by atoms with van der Waals surface area (Å²) in [6, 6.07) is 8.51. The van der Waals surface area contributed by atoms with Crippen molar-refractivity contribution in [2.24, 2.45) is 0 Å². The fraction of sp³-hybridized carbons (Fsp3) is 0.348. The number of hydrogen-bond donors (Lipinski definition) is 0. The Balaban J connectivity index is 1.88. The molecule has 170 valence electrons. The number of fused-ring (bicyclic) bond motifs is 1. The molecular weight excluding hydrogens is 420 g/mol. The summed E-state index contributed by atoms with van der Waals surface area (Å²) in [6.45, 7) is 2.58. The fourth-order valence-corrected chi connectivity index (χ4v) is 3.79. The van der Waals surface area contributed by atoms with Crippen LogP contribution in [0.1, 0.15) is 31.4 Å². The van der Waals surface area contributed by atoms with Crippen molar-refractivity contribution in [2.75, 3.05) is 14.2 Å². The summed E-state index contributed by atoms with van der Waals surface area (Å²) < 4.78 is 35.9. The lowest BCUT2D eigenvalue weighted by Crippen LogP contribution is -2.38. The molecule has 0 N–H and O–H groups in total. The number of halogens is 2. The molecule has 0 aliphatic heterocycles. The number of amides is 1. The molecule has 0 spiro atoms. The molecule has 0 aliphatic rings. The molecule has 0 unspecified atom stereocenters. The summed E-state index contributed by atoms with van der Waals surface area (Å²) in [6.07, 6.45) is 0.649. The quantitative estimate of drug-likeness (QED) is 0.499. The first kappa shape index (κ1) is 23.2. The predicted molar refractivity (Wildman–Crippen MR) is 115 cm³/mol. The van der Waals surface area contributed by atoms with Crippen molar-refractivity contribution in [2.45, 2.75) is 38.9 Å². The molecule has 9 heteroatoms. The van der Waals surface area contributed by atoms with E-state index in [0.717, 1.165) is 42.1 Å². The summed E-state index contributed by atoms with van der Waals surface area (Å²) in [5.41, 5.74) is 0.935. The number of benzene rings is 2. The van der Waals surface area contributed by atoms with Crippen molar-refractivity contribution in [1.82, 2.24) is 14.0 Å². The van der Waals surface area contributed by atoms with Crippen LogP contribution in [-0.2, 0) is 27.4 Å². The van der Waals surface area contributed by atoms with Gasteiger partial charge in [0.15, 0.2) is 6.04 Å².